The van der Waals surface area contributed by atoms with Gasteiger partial charge < -0.3 is 8.98 Å². The molecule has 11 rings (SSSR count). The van der Waals surface area contributed by atoms with Gasteiger partial charge in [0, 0.05) is 55.2 Å². The molecule has 0 amide bonds. The van der Waals surface area contributed by atoms with Gasteiger partial charge in [0.15, 0.2) is 11.6 Å². The first-order chi connectivity index (χ1) is 25.3. The maximum Gasteiger partial charge on any atom is 0.238 e. The molecule has 4 aromatic heterocycles. The van der Waals surface area contributed by atoms with Crippen LogP contribution in [0.4, 0.5) is 0 Å². The van der Waals surface area contributed by atoms with Crippen molar-refractivity contribution in [3.05, 3.63) is 164 Å². The van der Waals surface area contributed by atoms with Crippen LogP contribution in [-0.4, -0.2) is 24.1 Å². The van der Waals surface area contributed by atoms with Crippen molar-refractivity contribution in [2.45, 2.75) is 0 Å². The van der Waals surface area contributed by atoms with Crippen molar-refractivity contribution in [3.63, 3.8) is 0 Å². The fraction of sp³-hybridized carbons (Fsp3) is 0. The summed E-state index contributed by atoms with van der Waals surface area (Å²) in [5.74, 6) is 1.83. The number of para-hydroxylation sites is 3. The van der Waals surface area contributed by atoms with E-state index in [2.05, 4.69) is 100 Å². The molecule has 4 heterocycles. The van der Waals surface area contributed by atoms with Crippen LogP contribution in [0.1, 0.15) is 0 Å². The van der Waals surface area contributed by atoms with Crippen molar-refractivity contribution in [3.8, 4) is 34.4 Å². The van der Waals surface area contributed by atoms with E-state index in [1.54, 1.807) is 0 Å². The number of aromatic nitrogens is 5. The maximum atomic E-state index is 6.40. The van der Waals surface area contributed by atoms with Crippen LogP contribution in [0.2, 0.25) is 0 Å². The monoisotopic (exact) mass is 653 g/mol. The molecule has 0 bridgehead atoms. The van der Waals surface area contributed by atoms with Crippen molar-refractivity contribution in [1.29, 1.82) is 0 Å². The molecule has 7 aromatic carbocycles. The van der Waals surface area contributed by atoms with E-state index in [-0.39, 0.29) is 0 Å². The molecular formula is C45H27N5O. The van der Waals surface area contributed by atoms with Crippen molar-refractivity contribution in [1.82, 2.24) is 24.1 Å². The molecule has 238 valence electrons. The first-order valence-corrected chi connectivity index (χ1v) is 17.0. The van der Waals surface area contributed by atoms with Gasteiger partial charge in [-0.15, -0.1) is 0 Å². The Balaban J connectivity index is 1.27. The molecule has 11 aromatic rings. The van der Waals surface area contributed by atoms with Crippen LogP contribution in [0, 0.1) is 0 Å². The van der Waals surface area contributed by atoms with Gasteiger partial charge in [-0.1, -0.05) is 115 Å². The predicted molar refractivity (Wildman–Crippen MR) is 207 cm³/mol. The van der Waals surface area contributed by atoms with E-state index in [1.807, 2.05) is 72.8 Å². The Morgan fingerprint density at radius 3 is 1.59 bits per heavy atom. The van der Waals surface area contributed by atoms with Gasteiger partial charge in [-0.25, -0.2) is 4.98 Å². The van der Waals surface area contributed by atoms with E-state index in [0.29, 0.717) is 17.6 Å². The second-order valence-electron chi connectivity index (χ2n) is 12.9. The molecule has 6 heteroatoms. The summed E-state index contributed by atoms with van der Waals surface area (Å²) < 4.78 is 11.0. The molecular weight excluding hydrogens is 627 g/mol. The molecule has 0 saturated heterocycles. The Morgan fingerprint density at radius 1 is 0.353 bits per heavy atom. The van der Waals surface area contributed by atoms with Gasteiger partial charge in [-0.05, 0) is 42.5 Å². The molecule has 0 radical (unpaired) electrons. The number of furan rings is 1. The Bertz CT molecular complexity index is 3060. The lowest BCUT2D eigenvalue weighted by Gasteiger charge is -2.11. The minimum atomic E-state index is 0.572. The third kappa shape index (κ3) is 4.20. The molecule has 0 aliphatic heterocycles. The minimum Gasteiger partial charge on any atom is -0.456 e. The van der Waals surface area contributed by atoms with E-state index in [9.17, 15) is 0 Å². The standard InChI is InChI=1S/C45H27N5O/c1-4-14-28(15-5-1)43-46-44(29-16-6-2-7-17-29)48-45(47-43)50-37-22-12-10-20-31(37)34-25-38-35(26-39(34)50)33-24-36-32-21-11-13-23-41(32)51-42(36)27-40(33)49(38)30-18-8-3-9-19-30/h1-27H. The lowest BCUT2D eigenvalue weighted by Crippen LogP contribution is -2.06. The van der Waals surface area contributed by atoms with Crippen LogP contribution in [0.25, 0.3) is 100.0 Å². The Morgan fingerprint density at radius 2 is 0.882 bits per heavy atom. The van der Waals surface area contributed by atoms with E-state index in [0.717, 1.165) is 82.4 Å². The van der Waals surface area contributed by atoms with Gasteiger partial charge in [-0.2, -0.15) is 9.97 Å². The maximum absolute atomic E-state index is 6.40. The van der Waals surface area contributed by atoms with Crippen LogP contribution in [0.15, 0.2) is 168 Å². The summed E-state index contributed by atoms with van der Waals surface area (Å²) in [4.78, 5) is 15.3. The molecule has 0 saturated carbocycles. The van der Waals surface area contributed by atoms with Crippen molar-refractivity contribution in [2.24, 2.45) is 0 Å². The smallest absolute Gasteiger partial charge is 0.238 e. The normalized spacial score (nSPS) is 11.9. The SMILES string of the molecule is c1ccc(-c2nc(-c3ccccc3)nc(-n3c4ccccc4c4cc5c(cc43)c3cc4c(cc3n5-c3ccccc3)oc3ccccc34)n2)cc1. The van der Waals surface area contributed by atoms with E-state index in [4.69, 9.17) is 19.4 Å². The average Bonchev–Trinajstić information content (AvgIpc) is 3.83. The van der Waals surface area contributed by atoms with E-state index < -0.39 is 0 Å². The molecule has 0 unspecified atom stereocenters. The zero-order valence-electron chi connectivity index (χ0n) is 27.2. The highest BCUT2D eigenvalue weighted by molar-refractivity contribution is 6.22. The molecule has 0 aliphatic carbocycles. The van der Waals surface area contributed by atoms with Gasteiger partial charge in [0.2, 0.25) is 5.95 Å². The van der Waals surface area contributed by atoms with Crippen LogP contribution in [0.5, 0.6) is 0 Å². The summed E-state index contributed by atoms with van der Waals surface area (Å²) in [5, 5.41) is 6.74. The minimum absolute atomic E-state index is 0.572. The Labute approximate surface area is 291 Å². The quantitative estimate of drug-likeness (QED) is 0.190. The number of hydrogen-bond donors (Lipinski definition) is 0. The van der Waals surface area contributed by atoms with Crippen molar-refractivity contribution < 1.29 is 4.42 Å². The number of nitrogens with zero attached hydrogens (tertiary/aromatic N) is 5. The molecule has 6 nitrogen and oxygen atoms in total. The molecule has 0 N–H and O–H groups in total. The van der Waals surface area contributed by atoms with Crippen LogP contribution in [0.3, 0.4) is 0 Å². The largest absolute Gasteiger partial charge is 0.456 e. The molecule has 51 heavy (non-hydrogen) atoms. The molecule has 0 spiro atoms. The van der Waals surface area contributed by atoms with Crippen LogP contribution in [-0.2, 0) is 0 Å². The predicted octanol–water partition coefficient (Wildman–Crippen LogP) is 11.3. The highest BCUT2D eigenvalue weighted by Gasteiger charge is 2.22. The van der Waals surface area contributed by atoms with Gasteiger partial charge in [-0.3, -0.25) is 4.57 Å². The molecule has 0 fully saturated rings. The van der Waals surface area contributed by atoms with Crippen LogP contribution >= 0.6 is 0 Å². The molecule has 0 aliphatic rings. The lowest BCUT2D eigenvalue weighted by molar-refractivity contribution is 0.669. The Hall–Kier alpha value is -7.05. The zero-order chi connectivity index (χ0) is 33.5. The lowest BCUT2D eigenvalue weighted by atomic mass is 10.1. The van der Waals surface area contributed by atoms with Crippen LogP contribution < -0.4 is 0 Å². The zero-order valence-corrected chi connectivity index (χ0v) is 27.2. The highest BCUT2D eigenvalue weighted by Crippen LogP contribution is 2.42. The van der Waals surface area contributed by atoms with Crippen molar-refractivity contribution >= 4 is 65.6 Å². The summed E-state index contributed by atoms with van der Waals surface area (Å²) in [6.07, 6.45) is 0. The summed E-state index contributed by atoms with van der Waals surface area (Å²) in [6.45, 7) is 0. The van der Waals surface area contributed by atoms with E-state index in [1.165, 1.54) is 0 Å². The van der Waals surface area contributed by atoms with Gasteiger partial charge in [0.05, 0.1) is 22.1 Å². The van der Waals surface area contributed by atoms with Crippen molar-refractivity contribution in [2.75, 3.05) is 0 Å². The Kier molecular flexibility index (Phi) is 5.86. The summed E-state index contributed by atoms with van der Waals surface area (Å²) in [7, 11) is 0. The second kappa shape index (κ2) is 10.7. The number of fused-ring (bicyclic) bond motifs is 9. The summed E-state index contributed by atoms with van der Waals surface area (Å²) in [6, 6.07) is 56.7. The topological polar surface area (TPSA) is 61.7 Å². The average molecular weight is 654 g/mol. The number of benzene rings is 7. The first kappa shape index (κ1) is 27.9. The second-order valence-corrected chi connectivity index (χ2v) is 12.9. The molecule has 0 atom stereocenters. The first-order valence-electron chi connectivity index (χ1n) is 17.0. The third-order valence-electron chi connectivity index (χ3n) is 9.96. The summed E-state index contributed by atoms with van der Waals surface area (Å²) in [5.41, 5.74) is 8.98. The third-order valence-corrected chi connectivity index (χ3v) is 9.96. The number of rotatable bonds is 4. The fourth-order valence-electron chi connectivity index (χ4n) is 7.66. The fourth-order valence-corrected chi connectivity index (χ4v) is 7.66. The van der Waals surface area contributed by atoms with E-state index >= 15 is 0 Å². The number of hydrogen-bond acceptors (Lipinski definition) is 4. The van der Waals surface area contributed by atoms with Gasteiger partial charge in [0.1, 0.15) is 11.2 Å². The summed E-state index contributed by atoms with van der Waals surface area (Å²) >= 11 is 0. The highest BCUT2D eigenvalue weighted by atomic mass is 16.3. The van der Waals surface area contributed by atoms with Gasteiger partial charge >= 0.3 is 0 Å². The van der Waals surface area contributed by atoms with Gasteiger partial charge in [0.25, 0.3) is 0 Å².